The van der Waals surface area contributed by atoms with Crippen LogP contribution in [-0.2, 0) is 11.3 Å². The maximum atomic E-state index is 11.6. The number of hydrogen-bond acceptors (Lipinski definition) is 2. The van der Waals surface area contributed by atoms with E-state index in [1.54, 1.807) is 0 Å². The molecule has 0 radical (unpaired) electrons. The zero-order valence-corrected chi connectivity index (χ0v) is 11.2. The fourth-order valence-corrected chi connectivity index (χ4v) is 1.84. The summed E-state index contributed by atoms with van der Waals surface area (Å²) in [6.45, 7) is 5.02. The quantitative estimate of drug-likeness (QED) is 0.810. The van der Waals surface area contributed by atoms with Crippen molar-refractivity contribution in [2.45, 2.75) is 45.7 Å². The molecule has 1 saturated carbocycles. The fourth-order valence-electron chi connectivity index (χ4n) is 1.84. The summed E-state index contributed by atoms with van der Waals surface area (Å²) in [4.78, 5) is 11.6. The zero-order valence-electron chi connectivity index (χ0n) is 11.2. The van der Waals surface area contributed by atoms with Crippen LogP contribution in [0.25, 0.3) is 0 Å². The number of anilines is 1. The van der Waals surface area contributed by atoms with Crippen molar-refractivity contribution >= 4 is 11.6 Å². The molecule has 0 aromatic heterocycles. The molecule has 1 aromatic rings. The molecule has 1 fully saturated rings. The first-order valence-corrected chi connectivity index (χ1v) is 6.75. The van der Waals surface area contributed by atoms with E-state index in [2.05, 4.69) is 22.8 Å². The Labute approximate surface area is 109 Å². The normalized spacial score (nSPS) is 14.8. The second-order valence-corrected chi connectivity index (χ2v) is 5.50. The monoisotopic (exact) mass is 246 g/mol. The Hall–Kier alpha value is -1.35. The van der Waals surface area contributed by atoms with E-state index in [0.29, 0.717) is 12.3 Å². The van der Waals surface area contributed by atoms with Crippen LogP contribution in [0, 0.1) is 5.92 Å². The second kappa shape index (κ2) is 6.01. The van der Waals surface area contributed by atoms with Gasteiger partial charge in [0.1, 0.15) is 0 Å². The average Bonchev–Trinajstić information content (AvgIpc) is 3.11. The molecule has 2 N–H and O–H groups in total. The third-order valence-electron chi connectivity index (χ3n) is 3.00. The Morgan fingerprint density at radius 1 is 1.28 bits per heavy atom. The summed E-state index contributed by atoms with van der Waals surface area (Å²) in [6.07, 6.45) is 3.19. The molecule has 18 heavy (non-hydrogen) atoms. The van der Waals surface area contributed by atoms with Crippen molar-refractivity contribution in [2.75, 3.05) is 5.32 Å². The van der Waals surface area contributed by atoms with E-state index in [-0.39, 0.29) is 5.91 Å². The molecule has 0 bridgehead atoms. The van der Waals surface area contributed by atoms with Crippen LogP contribution in [0.2, 0.25) is 0 Å². The maximum Gasteiger partial charge on any atom is 0.224 e. The molecular weight excluding hydrogens is 224 g/mol. The van der Waals surface area contributed by atoms with Gasteiger partial charge in [0, 0.05) is 24.7 Å². The number of carbonyl (C=O) groups is 1. The highest BCUT2D eigenvalue weighted by Crippen LogP contribution is 2.19. The number of benzene rings is 1. The first kappa shape index (κ1) is 13.1. The van der Waals surface area contributed by atoms with Gasteiger partial charge in [0.05, 0.1) is 0 Å². The van der Waals surface area contributed by atoms with E-state index < -0.39 is 0 Å². The summed E-state index contributed by atoms with van der Waals surface area (Å²) in [6, 6.07) is 8.82. The van der Waals surface area contributed by atoms with Gasteiger partial charge in [-0.1, -0.05) is 26.0 Å². The van der Waals surface area contributed by atoms with Crippen LogP contribution >= 0.6 is 0 Å². The van der Waals surface area contributed by atoms with E-state index in [1.165, 1.54) is 18.4 Å². The summed E-state index contributed by atoms with van der Waals surface area (Å²) < 4.78 is 0. The number of hydrogen-bond donors (Lipinski definition) is 2. The van der Waals surface area contributed by atoms with Crippen LogP contribution in [0.3, 0.4) is 0 Å². The fraction of sp³-hybridized carbons (Fsp3) is 0.533. The largest absolute Gasteiger partial charge is 0.326 e. The van der Waals surface area contributed by atoms with Crippen LogP contribution in [0.4, 0.5) is 5.69 Å². The van der Waals surface area contributed by atoms with Gasteiger partial charge in [-0.3, -0.25) is 4.79 Å². The maximum absolute atomic E-state index is 11.6. The summed E-state index contributed by atoms with van der Waals surface area (Å²) in [5, 5.41) is 6.39. The second-order valence-electron chi connectivity index (χ2n) is 5.50. The minimum Gasteiger partial charge on any atom is -0.326 e. The van der Waals surface area contributed by atoms with Crippen molar-refractivity contribution in [3.05, 3.63) is 29.8 Å². The molecule has 1 aliphatic rings. The highest BCUT2D eigenvalue weighted by Gasteiger charge is 2.19. The molecule has 0 heterocycles. The van der Waals surface area contributed by atoms with Crippen molar-refractivity contribution in [1.82, 2.24) is 5.32 Å². The van der Waals surface area contributed by atoms with Crippen molar-refractivity contribution in [3.8, 4) is 0 Å². The predicted octanol–water partition coefficient (Wildman–Crippen LogP) is 2.92. The van der Waals surface area contributed by atoms with E-state index >= 15 is 0 Å². The lowest BCUT2D eigenvalue weighted by Crippen LogP contribution is -2.16. The number of carbonyl (C=O) groups excluding carboxylic acids is 1. The Morgan fingerprint density at radius 2 is 1.94 bits per heavy atom. The highest BCUT2D eigenvalue weighted by molar-refractivity contribution is 5.90. The van der Waals surface area contributed by atoms with Gasteiger partial charge >= 0.3 is 0 Å². The van der Waals surface area contributed by atoms with Crippen LogP contribution < -0.4 is 10.6 Å². The molecule has 1 amide bonds. The summed E-state index contributed by atoms with van der Waals surface area (Å²) >= 11 is 0. The third kappa shape index (κ3) is 4.49. The SMILES string of the molecule is CC(C)CC(=O)Nc1ccc(CNC2CC2)cc1. The minimum atomic E-state index is 0.0915. The smallest absolute Gasteiger partial charge is 0.224 e. The first-order chi connectivity index (χ1) is 8.63. The van der Waals surface area contributed by atoms with E-state index in [0.717, 1.165) is 18.3 Å². The van der Waals surface area contributed by atoms with Gasteiger partial charge in [-0.25, -0.2) is 0 Å². The molecule has 3 nitrogen and oxygen atoms in total. The van der Waals surface area contributed by atoms with Gasteiger partial charge in [-0.05, 0) is 36.5 Å². The van der Waals surface area contributed by atoms with E-state index in [9.17, 15) is 4.79 Å². The van der Waals surface area contributed by atoms with Gasteiger partial charge in [0.15, 0.2) is 0 Å². The van der Waals surface area contributed by atoms with Gasteiger partial charge < -0.3 is 10.6 Å². The van der Waals surface area contributed by atoms with E-state index in [1.807, 2.05) is 26.0 Å². The molecule has 0 spiro atoms. The molecule has 0 aliphatic heterocycles. The minimum absolute atomic E-state index is 0.0915. The number of amides is 1. The zero-order chi connectivity index (χ0) is 13.0. The van der Waals surface area contributed by atoms with Gasteiger partial charge in [-0.15, -0.1) is 0 Å². The van der Waals surface area contributed by atoms with Crippen LogP contribution in [0.15, 0.2) is 24.3 Å². The third-order valence-corrected chi connectivity index (χ3v) is 3.00. The topological polar surface area (TPSA) is 41.1 Å². The van der Waals surface area contributed by atoms with Crippen molar-refractivity contribution < 1.29 is 4.79 Å². The lowest BCUT2D eigenvalue weighted by Gasteiger charge is -2.08. The molecule has 98 valence electrons. The lowest BCUT2D eigenvalue weighted by atomic mass is 10.1. The summed E-state index contributed by atoms with van der Waals surface area (Å²) in [5.41, 5.74) is 2.15. The van der Waals surface area contributed by atoms with E-state index in [4.69, 9.17) is 0 Å². The van der Waals surface area contributed by atoms with Gasteiger partial charge in [-0.2, -0.15) is 0 Å². The van der Waals surface area contributed by atoms with Crippen molar-refractivity contribution in [1.29, 1.82) is 0 Å². The molecule has 2 rings (SSSR count). The molecule has 1 aliphatic carbocycles. The predicted molar refractivity (Wildman–Crippen MR) is 74.4 cm³/mol. The highest BCUT2D eigenvalue weighted by atomic mass is 16.1. The van der Waals surface area contributed by atoms with Gasteiger partial charge in [0.25, 0.3) is 0 Å². The molecule has 0 unspecified atom stereocenters. The number of nitrogens with one attached hydrogen (secondary N) is 2. The van der Waals surface area contributed by atoms with Crippen LogP contribution in [-0.4, -0.2) is 11.9 Å². The molecule has 0 atom stereocenters. The Morgan fingerprint density at radius 3 is 2.50 bits per heavy atom. The van der Waals surface area contributed by atoms with Crippen LogP contribution in [0.1, 0.15) is 38.7 Å². The van der Waals surface area contributed by atoms with Crippen LogP contribution in [0.5, 0.6) is 0 Å². The van der Waals surface area contributed by atoms with Gasteiger partial charge in [0.2, 0.25) is 5.91 Å². The number of rotatable bonds is 6. The van der Waals surface area contributed by atoms with Crippen molar-refractivity contribution in [3.63, 3.8) is 0 Å². The Balaban J connectivity index is 1.80. The summed E-state index contributed by atoms with van der Waals surface area (Å²) in [7, 11) is 0. The average molecular weight is 246 g/mol. The molecule has 0 saturated heterocycles. The standard InChI is InChI=1S/C15H22N2O/c1-11(2)9-15(18)17-14-5-3-12(4-6-14)10-16-13-7-8-13/h3-6,11,13,16H,7-10H2,1-2H3,(H,17,18). The summed E-state index contributed by atoms with van der Waals surface area (Å²) in [5.74, 6) is 0.487. The first-order valence-electron chi connectivity index (χ1n) is 6.75. The Bertz CT molecular complexity index is 393. The molecule has 1 aromatic carbocycles. The van der Waals surface area contributed by atoms with Crippen molar-refractivity contribution in [2.24, 2.45) is 5.92 Å². The molecular formula is C15H22N2O. The molecule has 3 heteroatoms. The Kier molecular flexibility index (Phi) is 4.37. The lowest BCUT2D eigenvalue weighted by molar-refractivity contribution is -0.116.